The number of benzene rings is 1. The Kier molecular flexibility index (Phi) is 2.28. The van der Waals surface area contributed by atoms with E-state index in [4.69, 9.17) is 0 Å². The van der Waals surface area contributed by atoms with Gasteiger partial charge in [-0.2, -0.15) is 0 Å². The van der Waals surface area contributed by atoms with Gasteiger partial charge < -0.3 is 0 Å². The maximum Gasteiger partial charge on any atom is -0.0153 e. The zero-order valence-electron chi connectivity index (χ0n) is 8.72. The van der Waals surface area contributed by atoms with Crippen LogP contribution >= 0.6 is 0 Å². The van der Waals surface area contributed by atoms with Gasteiger partial charge in [0, 0.05) is 0 Å². The van der Waals surface area contributed by atoms with Gasteiger partial charge in [-0.25, -0.2) is 0 Å². The molecule has 0 bridgehead atoms. The molecule has 0 N–H and O–H groups in total. The third-order valence-electron chi connectivity index (χ3n) is 2.96. The minimum absolute atomic E-state index is 0.780. The van der Waals surface area contributed by atoms with Crippen molar-refractivity contribution in [3.05, 3.63) is 47.5 Å². The number of hydrogen-bond donors (Lipinski definition) is 0. The summed E-state index contributed by atoms with van der Waals surface area (Å²) in [5, 5.41) is 0. The van der Waals surface area contributed by atoms with Crippen LogP contribution in [0.15, 0.2) is 25.3 Å². The minimum atomic E-state index is 0.780. The predicted molar refractivity (Wildman–Crippen MR) is 63.3 cm³/mol. The summed E-state index contributed by atoms with van der Waals surface area (Å²) in [6.07, 6.45) is 6.58. The average Bonchev–Trinajstić information content (AvgIpc) is 3.00. The fraction of sp³-hybridized carbons (Fsp3) is 0.286. The summed E-state index contributed by atoms with van der Waals surface area (Å²) in [6, 6.07) is 4.44. The van der Waals surface area contributed by atoms with Crippen molar-refractivity contribution in [3.8, 4) is 0 Å². The highest BCUT2D eigenvalue weighted by Gasteiger charge is 2.26. The van der Waals surface area contributed by atoms with Gasteiger partial charge in [-0.15, -0.1) is 0 Å². The Morgan fingerprint density at radius 1 is 1.14 bits per heavy atom. The van der Waals surface area contributed by atoms with Crippen LogP contribution in [0, 0.1) is 6.92 Å². The van der Waals surface area contributed by atoms with E-state index in [0.717, 1.165) is 5.92 Å². The van der Waals surface area contributed by atoms with Gasteiger partial charge in [0.1, 0.15) is 0 Å². The van der Waals surface area contributed by atoms with Gasteiger partial charge in [0.15, 0.2) is 0 Å². The molecule has 0 heteroatoms. The van der Waals surface area contributed by atoms with Crippen LogP contribution in [0.25, 0.3) is 12.2 Å². The molecule has 0 heterocycles. The highest BCUT2D eigenvalue weighted by Crippen LogP contribution is 2.43. The van der Waals surface area contributed by atoms with Gasteiger partial charge in [-0.3, -0.25) is 0 Å². The Balaban J connectivity index is 2.60. The molecule has 0 radical (unpaired) electrons. The van der Waals surface area contributed by atoms with Crippen molar-refractivity contribution in [2.75, 3.05) is 0 Å². The lowest BCUT2D eigenvalue weighted by Gasteiger charge is -2.11. The maximum atomic E-state index is 3.90. The van der Waals surface area contributed by atoms with Crippen molar-refractivity contribution in [3.63, 3.8) is 0 Å². The third-order valence-corrected chi connectivity index (χ3v) is 2.96. The van der Waals surface area contributed by atoms with E-state index in [1.165, 1.54) is 35.1 Å². The molecule has 0 aromatic heterocycles. The molecule has 2 rings (SSSR count). The molecular weight excluding hydrogens is 168 g/mol. The second-order valence-electron chi connectivity index (χ2n) is 3.98. The van der Waals surface area contributed by atoms with Crippen LogP contribution in [0.2, 0.25) is 0 Å². The molecule has 0 unspecified atom stereocenters. The Labute approximate surface area is 86.0 Å². The third kappa shape index (κ3) is 1.41. The highest BCUT2D eigenvalue weighted by molar-refractivity contribution is 5.69. The lowest BCUT2D eigenvalue weighted by atomic mass is 9.94. The topological polar surface area (TPSA) is 0 Å². The summed E-state index contributed by atoms with van der Waals surface area (Å²) < 4.78 is 0. The average molecular weight is 184 g/mol. The quantitative estimate of drug-likeness (QED) is 0.661. The van der Waals surface area contributed by atoms with E-state index in [1.807, 2.05) is 12.2 Å². The van der Waals surface area contributed by atoms with E-state index in [0.29, 0.717) is 0 Å². The first-order valence-corrected chi connectivity index (χ1v) is 5.16. The second kappa shape index (κ2) is 3.45. The lowest BCUT2D eigenvalue weighted by Crippen LogP contribution is -1.92. The monoisotopic (exact) mass is 184 g/mol. The molecule has 72 valence electrons. The van der Waals surface area contributed by atoms with E-state index in [-0.39, 0.29) is 0 Å². The van der Waals surface area contributed by atoms with Gasteiger partial charge in [0.05, 0.1) is 0 Å². The molecule has 0 nitrogen and oxygen atoms in total. The van der Waals surface area contributed by atoms with Gasteiger partial charge in [0.2, 0.25) is 0 Å². The van der Waals surface area contributed by atoms with Crippen molar-refractivity contribution in [1.29, 1.82) is 0 Å². The zero-order chi connectivity index (χ0) is 10.1. The molecule has 1 aliphatic rings. The molecule has 0 aliphatic heterocycles. The first kappa shape index (κ1) is 9.26. The molecule has 1 saturated carbocycles. The Bertz CT molecular complexity index is 381. The SMILES string of the molecule is C=Cc1c(C)ccc(C2CC2)c1C=C. The van der Waals surface area contributed by atoms with Crippen molar-refractivity contribution < 1.29 is 0 Å². The second-order valence-corrected chi connectivity index (χ2v) is 3.98. The van der Waals surface area contributed by atoms with Crippen LogP contribution in [0.3, 0.4) is 0 Å². The van der Waals surface area contributed by atoms with E-state index in [1.54, 1.807) is 0 Å². The molecule has 0 spiro atoms. The van der Waals surface area contributed by atoms with Crippen LogP contribution in [0.1, 0.15) is 41.0 Å². The van der Waals surface area contributed by atoms with Crippen molar-refractivity contribution >= 4 is 12.2 Å². The number of hydrogen-bond acceptors (Lipinski definition) is 0. The van der Waals surface area contributed by atoms with Crippen molar-refractivity contribution in [2.45, 2.75) is 25.7 Å². The molecule has 14 heavy (non-hydrogen) atoms. The van der Waals surface area contributed by atoms with Gasteiger partial charge in [-0.1, -0.05) is 37.4 Å². The fourth-order valence-electron chi connectivity index (χ4n) is 2.01. The van der Waals surface area contributed by atoms with Crippen LogP contribution in [0.4, 0.5) is 0 Å². The molecule has 0 saturated heterocycles. The Morgan fingerprint density at radius 2 is 1.79 bits per heavy atom. The maximum absolute atomic E-state index is 3.90. The summed E-state index contributed by atoms with van der Waals surface area (Å²) in [6.45, 7) is 9.90. The Hall–Kier alpha value is -1.30. The fourth-order valence-corrected chi connectivity index (χ4v) is 2.01. The molecule has 1 aromatic carbocycles. The molecule has 1 aromatic rings. The van der Waals surface area contributed by atoms with Crippen molar-refractivity contribution in [2.24, 2.45) is 0 Å². The molecule has 0 amide bonds. The molecule has 1 aliphatic carbocycles. The van der Waals surface area contributed by atoms with Crippen LogP contribution in [-0.4, -0.2) is 0 Å². The van der Waals surface area contributed by atoms with E-state index in [9.17, 15) is 0 Å². The highest BCUT2D eigenvalue weighted by atomic mass is 14.3. The number of rotatable bonds is 3. The van der Waals surface area contributed by atoms with Crippen LogP contribution in [-0.2, 0) is 0 Å². The molecule has 0 atom stereocenters. The normalized spacial score (nSPS) is 15.2. The van der Waals surface area contributed by atoms with Crippen molar-refractivity contribution in [1.82, 2.24) is 0 Å². The van der Waals surface area contributed by atoms with Crippen LogP contribution in [0.5, 0.6) is 0 Å². The summed E-state index contributed by atoms with van der Waals surface area (Å²) >= 11 is 0. The van der Waals surface area contributed by atoms with Crippen LogP contribution < -0.4 is 0 Å². The zero-order valence-corrected chi connectivity index (χ0v) is 8.72. The molecular formula is C14H16. The standard InChI is InChI=1S/C14H16/c1-4-12-10(3)6-9-14(11-7-8-11)13(12)5-2/h4-6,9,11H,1-2,7-8H2,3H3. The predicted octanol–water partition coefficient (Wildman–Crippen LogP) is 4.16. The minimum Gasteiger partial charge on any atom is -0.0984 e. The van der Waals surface area contributed by atoms with Gasteiger partial charge in [0.25, 0.3) is 0 Å². The molecule has 1 fully saturated rings. The number of aryl methyl sites for hydroxylation is 1. The largest absolute Gasteiger partial charge is 0.0984 e. The first-order valence-electron chi connectivity index (χ1n) is 5.16. The van der Waals surface area contributed by atoms with Gasteiger partial charge >= 0.3 is 0 Å². The summed E-state index contributed by atoms with van der Waals surface area (Å²) in [5.41, 5.74) is 5.30. The summed E-state index contributed by atoms with van der Waals surface area (Å²) in [4.78, 5) is 0. The van der Waals surface area contributed by atoms with Gasteiger partial charge in [-0.05, 0) is 47.9 Å². The van der Waals surface area contributed by atoms with E-state index in [2.05, 4.69) is 32.2 Å². The Morgan fingerprint density at radius 3 is 2.29 bits per heavy atom. The van der Waals surface area contributed by atoms with E-state index < -0.39 is 0 Å². The van der Waals surface area contributed by atoms with E-state index >= 15 is 0 Å². The lowest BCUT2D eigenvalue weighted by molar-refractivity contribution is 1.11. The first-order chi connectivity index (χ1) is 6.77. The summed E-state index contributed by atoms with van der Waals surface area (Å²) in [5.74, 6) is 0.780. The summed E-state index contributed by atoms with van der Waals surface area (Å²) in [7, 11) is 0. The smallest absolute Gasteiger partial charge is 0.0153 e.